The topological polar surface area (TPSA) is 68.5 Å². The van der Waals surface area contributed by atoms with Crippen molar-refractivity contribution in [2.75, 3.05) is 6.26 Å². The minimum Gasteiger partial charge on any atom is -0.491 e. The number of hydrogen-bond donors (Lipinski definition) is 1. The zero-order chi connectivity index (χ0) is 18.1. The van der Waals surface area contributed by atoms with Crippen LogP contribution in [-0.4, -0.2) is 33.8 Å². The van der Waals surface area contributed by atoms with E-state index in [4.69, 9.17) is 4.74 Å². The van der Waals surface area contributed by atoms with Crippen LogP contribution in [0.25, 0.3) is 0 Å². The highest BCUT2D eigenvalue weighted by molar-refractivity contribution is 7.98. The fourth-order valence-corrected chi connectivity index (χ4v) is 3.85. The van der Waals surface area contributed by atoms with E-state index in [9.17, 15) is 14.7 Å². The zero-order valence-electron chi connectivity index (χ0n) is 14.5. The standard InChI is InChI=1S/C19H21NO4S/c1-11(2)24-13-6-4-12(5-7-13)18(21)17-16(25-3)10-15-14(19(22)23)8-9-20(15)17/h4-7,10-11,14H,8-9H2,1-3H3,(H,22,23). The molecule has 1 atom stereocenters. The van der Waals surface area contributed by atoms with Gasteiger partial charge in [-0.15, -0.1) is 11.8 Å². The molecule has 0 saturated heterocycles. The van der Waals surface area contributed by atoms with Gasteiger partial charge in [0.05, 0.1) is 12.0 Å². The van der Waals surface area contributed by atoms with Crippen molar-refractivity contribution in [2.45, 2.75) is 43.7 Å². The molecule has 2 heterocycles. The van der Waals surface area contributed by atoms with Gasteiger partial charge in [0.1, 0.15) is 11.4 Å². The summed E-state index contributed by atoms with van der Waals surface area (Å²) in [6, 6.07) is 8.95. The number of ketones is 1. The highest BCUT2D eigenvalue weighted by Gasteiger charge is 2.34. The molecule has 1 aliphatic rings. The van der Waals surface area contributed by atoms with Crippen LogP contribution < -0.4 is 4.74 Å². The van der Waals surface area contributed by atoms with Crippen molar-refractivity contribution in [1.29, 1.82) is 0 Å². The largest absolute Gasteiger partial charge is 0.491 e. The van der Waals surface area contributed by atoms with Crippen LogP contribution in [0.15, 0.2) is 35.2 Å². The van der Waals surface area contributed by atoms with Crippen molar-refractivity contribution in [3.8, 4) is 5.75 Å². The quantitative estimate of drug-likeness (QED) is 0.628. The van der Waals surface area contributed by atoms with Crippen LogP contribution in [0.4, 0.5) is 0 Å². The number of hydrogen-bond acceptors (Lipinski definition) is 4. The van der Waals surface area contributed by atoms with Gasteiger partial charge >= 0.3 is 5.97 Å². The lowest BCUT2D eigenvalue weighted by Gasteiger charge is -2.11. The summed E-state index contributed by atoms with van der Waals surface area (Å²) in [5.74, 6) is -0.729. The second-order valence-corrected chi connectivity index (χ2v) is 7.19. The molecule has 2 aromatic rings. The SMILES string of the molecule is CSc1cc2n(c1C(=O)c1ccc(OC(C)C)cc1)CCC2C(=O)O. The van der Waals surface area contributed by atoms with E-state index in [-0.39, 0.29) is 11.9 Å². The maximum absolute atomic E-state index is 13.0. The molecule has 0 bridgehead atoms. The van der Waals surface area contributed by atoms with Crippen LogP contribution in [0.1, 0.15) is 47.9 Å². The summed E-state index contributed by atoms with van der Waals surface area (Å²) in [6.45, 7) is 4.46. The Hall–Kier alpha value is -2.21. The monoisotopic (exact) mass is 359 g/mol. The molecular formula is C19H21NO4S. The minimum atomic E-state index is -0.835. The fourth-order valence-electron chi connectivity index (χ4n) is 3.21. The number of fused-ring (bicyclic) bond motifs is 1. The normalized spacial score (nSPS) is 16.1. The molecule has 3 rings (SSSR count). The Morgan fingerprint density at radius 2 is 1.96 bits per heavy atom. The number of benzene rings is 1. The molecule has 1 aromatic carbocycles. The number of carbonyl (C=O) groups excluding carboxylic acids is 1. The fraction of sp³-hybridized carbons (Fsp3) is 0.368. The molecule has 0 saturated carbocycles. The minimum absolute atomic E-state index is 0.0755. The van der Waals surface area contributed by atoms with Crippen molar-refractivity contribution < 1.29 is 19.4 Å². The maximum Gasteiger partial charge on any atom is 0.312 e. The van der Waals surface area contributed by atoms with Gasteiger partial charge in [-0.1, -0.05) is 0 Å². The average Bonchev–Trinajstić information content (AvgIpc) is 3.12. The van der Waals surface area contributed by atoms with E-state index in [1.165, 1.54) is 11.8 Å². The molecule has 1 aromatic heterocycles. The van der Waals surface area contributed by atoms with Gasteiger partial charge in [0.25, 0.3) is 0 Å². The lowest BCUT2D eigenvalue weighted by Crippen LogP contribution is -2.11. The first-order valence-electron chi connectivity index (χ1n) is 8.24. The zero-order valence-corrected chi connectivity index (χ0v) is 15.3. The number of carboxylic acid groups (broad SMARTS) is 1. The maximum atomic E-state index is 13.0. The van der Waals surface area contributed by atoms with Gasteiger partial charge in [-0.25, -0.2) is 0 Å². The molecule has 0 amide bonds. The van der Waals surface area contributed by atoms with E-state index in [0.717, 1.165) is 16.3 Å². The molecule has 0 radical (unpaired) electrons. The predicted molar refractivity (Wildman–Crippen MR) is 96.8 cm³/mol. The summed E-state index contributed by atoms with van der Waals surface area (Å²) in [4.78, 5) is 25.3. The molecule has 25 heavy (non-hydrogen) atoms. The smallest absolute Gasteiger partial charge is 0.312 e. The van der Waals surface area contributed by atoms with Gasteiger partial charge in [-0.05, 0) is 56.9 Å². The Bertz CT molecular complexity index is 808. The number of aliphatic carboxylic acids is 1. The summed E-state index contributed by atoms with van der Waals surface area (Å²) >= 11 is 1.47. The van der Waals surface area contributed by atoms with Crippen LogP contribution in [0.2, 0.25) is 0 Å². The van der Waals surface area contributed by atoms with E-state index in [1.54, 1.807) is 24.3 Å². The van der Waals surface area contributed by atoms with Gasteiger partial charge in [0.15, 0.2) is 0 Å². The third kappa shape index (κ3) is 3.31. The Morgan fingerprint density at radius 3 is 2.52 bits per heavy atom. The highest BCUT2D eigenvalue weighted by Crippen LogP contribution is 2.37. The van der Waals surface area contributed by atoms with Crippen molar-refractivity contribution in [2.24, 2.45) is 0 Å². The Kier molecular flexibility index (Phi) is 4.90. The third-order valence-corrected chi connectivity index (χ3v) is 5.06. The average molecular weight is 359 g/mol. The van der Waals surface area contributed by atoms with Gasteiger partial charge in [-0.3, -0.25) is 9.59 Å². The second-order valence-electron chi connectivity index (χ2n) is 6.34. The molecule has 0 aliphatic carbocycles. The molecule has 1 N–H and O–H groups in total. The van der Waals surface area contributed by atoms with Crippen molar-refractivity contribution in [3.05, 3.63) is 47.3 Å². The van der Waals surface area contributed by atoms with Crippen LogP contribution in [0, 0.1) is 0 Å². The van der Waals surface area contributed by atoms with Gasteiger partial charge in [0.2, 0.25) is 5.78 Å². The van der Waals surface area contributed by atoms with E-state index in [1.807, 2.05) is 30.7 Å². The van der Waals surface area contributed by atoms with Crippen LogP contribution in [-0.2, 0) is 11.3 Å². The number of carboxylic acids is 1. The first-order chi connectivity index (χ1) is 11.9. The Morgan fingerprint density at radius 1 is 1.28 bits per heavy atom. The van der Waals surface area contributed by atoms with Crippen molar-refractivity contribution in [1.82, 2.24) is 4.57 Å². The summed E-state index contributed by atoms with van der Waals surface area (Å²) in [6.07, 6.45) is 2.50. The number of aromatic nitrogens is 1. The summed E-state index contributed by atoms with van der Waals surface area (Å²) in [7, 11) is 0. The lowest BCUT2D eigenvalue weighted by atomic mass is 10.1. The van der Waals surface area contributed by atoms with Crippen LogP contribution in [0.3, 0.4) is 0 Å². The van der Waals surface area contributed by atoms with E-state index < -0.39 is 11.9 Å². The van der Waals surface area contributed by atoms with Gasteiger partial charge in [0, 0.05) is 22.7 Å². The van der Waals surface area contributed by atoms with Gasteiger partial charge in [-0.2, -0.15) is 0 Å². The second kappa shape index (κ2) is 6.96. The highest BCUT2D eigenvalue weighted by atomic mass is 32.2. The number of rotatable bonds is 6. The van der Waals surface area contributed by atoms with Crippen molar-refractivity contribution >= 4 is 23.5 Å². The van der Waals surface area contributed by atoms with E-state index in [0.29, 0.717) is 24.2 Å². The Balaban J connectivity index is 1.95. The first-order valence-corrected chi connectivity index (χ1v) is 9.46. The molecule has 6 heteroatoms. The third-order valence-electron chi connectivity index (χ3n) is 4.31. The van der Waals surface area contributed by atoms with Crippen LogP contribution in [0.5, 0.6) is 5.75 Å². The molecule has 5 nitrogen and oxygen atoms in total. The predicted octanol–water partition coefficient (Wildman–Crippen LogP) is 3.80. The summed E-state index contributed by atoms with van der Waals surface area (Å²) in [5.41, 5.74) is 1.88. The number of nitrogens with zero attached hydrogens (tertiary/aromatic N) is 1. The summed E-state index contributed by atoms with van der Waals surface area (Å²) in [5, 5.41) is 9.37. The molecule has 1 unspecified atom stereocenters. The summed E-state index contributed by atoms with van der Waals surface area (Å²) < 4.78 is 7.48. The van der Waals surface area contributed by atoms with E-state index >= 15 is 0 Å². The van der Waals surface area contributed by atoms with Crippen LogP contribution >= 0.6 is 11.8 Å². The Labute approximate surface area is 151 Å². The molecule has 0 fully saturated rings. The number of carbonyl (C=O) groups is 2. The lowest BCUT2D eigenvalue weighted by molar-refractivity contribution is -0.138. The molecule has 0 spiro atoms. The number of ether oxygens (including phenoxy) is 1. The first kappa shape index (κ1) is 17.6. The van der Waals surface area contributed by atoms with Gasteiger partial charge < -0.3 is 14.4 Å². The van der Waals surface area contributed by atoms with Crippen molar-refractivity contribution in [3.63, 3.8) is 0 Å². The molecule has 1 aliphatic heterocycles. The molecule has 132 valence electrons. The van der Waals surface area contributed by atoms with E-state index in [2.05, 4.69) is 0 Å². The molecular weight excluding hydrogens is 338 g/mol. The number of thioether (sulfide) groups is 1.